The van der Waals surface area contributed by atoms with Gasteiger partial charge in [0.2, 0.25) is 5.28 Å². The van der Waals surface area contributed by atoms with Crippen molar-refractivity contribution >= 4 is 42.8 Å². The second-order valence-electron chi connectivity index (χ2n) is 7.45. The lowest BCUT2D eigenvalue weighted by Gasteiger charge is -2.24. The van der Waals surface area contributed by atoms with Crippen LogP contribution >= 0.6 is 31.7 Å². The molecule has 2 aromatic heterocycles. The highest BCUT2D eigenvalue weighted by Crippen LogP contribution is 2.72. The summed E-state index contributed by atoms with van der Waals surface area (Å²) in [5, 5.41) is 0.310. The number of nitrogens with zero attached hydrogens (tertiary/aromatic N) is 4. The van der Waals surface area contributed by atoms with Crippen LogP contribution in [0.1, 0.15) is 26.3 Å². The Balaban J connectivity index is 1.64. The summed E-state index contributed by atoms with van der Waals surface area (Å²) in [5.74, 6) is -0.376. The summed E-state index contributed by atoms with van der Waals surface area (Å²) in [4.78, 5) is 12.6. The molecule has 5 atom stereocenters. The molecule has 1 aliphatic heterocycles. The first-order valence-electron chi connectivity index (χ1n) is 8.07. The lowest BCUT2D eigenvalue weighted by Crippen LogP contribution is -2.32. The van der Waals surface area contributed by atoms with Crippen molar-refractivity contribution in [2.75, 3.05) is 6.16 Å². The molecule has 3 aliphatic rings. The van der Waals surface area contributed by atoms with E-state index in [0.717, 1.165) is 6.42 Å². The molecule has 0 spiro atoms. The summed E-state index contributed by atoms with van der Waals surface area (Å²) in [6.45, 7) is 3.81. The number of aromatic nitrogens is 4. The molecule has 5 rings (SSSR count). The molecule has 10 heteroatoms. The van der Waals surface area contributed by atoms with Gasteiger partial charge in [-0.1, -0.05) is 11.6 Å². The van der Waals surface area contributed by atoms with Gasteiger partial charge < -0.3 is 14.0 Å². The second kappa shape index (κ2) is 5.11. The van der Waals surface area contributed by atoms with E-state index in [-0.39, 0.29) is 42.6 Å². The number of ether oxygens (including phenoxy) is 2. The maximum absolute atomic E-state index is 11.4. The van der Waals surface area contributed by atoms with Gasteiger partial charge in [-0.15, -0.1) is 0 Å². The van der Waals surface area contributed by atoms with Crippen molar-refractivity contribution < 1.29 is 14.0 Å². The van der Waals surface area contributed by atoms with Crippen molar-refractivity contribution in [2.45, 2.75) is 44.3 Å². The number of fused-ring (bicyclic) bond motifs is 4. The van der Waals surface area contributed by atoms with Crippen molar-refractivity contribution in [3.8, 4) is 0 Å². The number of hydrogen-bond acceptors (Lipinski definition) is 6. The molecule has 2 aliphatic carbocycles. The SMILES string of the molecule is CC1(C)OC2[C@H](O1)[C@H](n1cnc3c(Cl)nc(Cl)nc31)[C@H]1C[C@@]21CP=O. The Morgan fingerprint density at radius 3 is 2.92 bits per heavy atom. The van der Waals surface area contributed by atoms with Crippen LogP contribution in [0.4, 0.5) is 0 Å². The van der Waals surface area contributed by atoms with Gasteiger partial charge in [0.25, 0.3) is 0 Å². The number of rotatable bonds is 3. The zero-order valence-electron chi connectivity index (χ0n) is 13.5. The topological polar surface area (TPSA) is 79.1 Å². The van der Waals surface area contributed by atoms with E-state index in [1.807, 2.05) is 18.4 Å². The van der Waals surface area contributed by atoms with Crippen molar-refractivity contribution in [1.82, 2.24) is 19.5 Å². The molecule has 2 saturated carbocycles. The Kier molecular flexibility index (Phi) is 3.34. The Bertz CT molecular complexity index is 906. The monoisotopic (exact) mass is 400 g/mol. The first kappa shape index (κ1) is 16.3. The van der Waals surface area contributed by atoms with Crippen LogP contribution in [0.5, 0.6) is 0 Å². The highest BCUT2D eigenvalue weighted by Gasteiger charge is 2.75. The summed E-state index contributed by atoms with van der Waals surface area (Å²) in [6, 6.07) is -0.0134. The Labute approximate surface area is 155 Å². The van der Waals surface area contributed by atoms with Crippen molar-refractivity contribution in [3.05, 3.63) is 16.8 Å². The number of halogens is 2. The normalized spacial score (nSPS) is 38.2. The largest absolute Gasteiger partial charge is 0.344 e. The maximum atomic E-state index is 11.4. The summed E-state index contributed by atoms with van der Waals surface area (Å²) in [5.41, 5.74) is 0.981. The smallest absolute Gasteiger partial charge is 0.225 e. The fraction of sp³-hybridized carbons (Fsp3) is 0.667. The molecular formula is C15H15Cl2N4O3P. The van der Waals surface area contributed by atoms with Gasteiger partial charge in [-0.2, -0.15) is 4.98 Å². The highest BCUT2D eigenvalue weighted by atomic mass is 35.5. The molecule has 0 N–H and O–H groups in total. The van der Waals surface area contributed by atoms with Gasteiger partial charge in [-0.3, -0.25) is 4.57 Å². The predicted molar refractivity (Wildman–Crippen MR) is 91.2 cm³/mol. The molecule has 7 nitrogen and oxygen atoms in total. The van der Waals surface area contributed by atoms with E-state index in [1.54, 1.807) is 6.33 Å². The maximum Gasteiger partial charge on any atom is 0.225 e. The molecule has 0 bridgehead atoms. The van der Waals surface area contributed by atoms with Crippen LogP contribution in [0.15, 0.2) is 6.33 Å². The average molecular weight is 401 g/mol. The van der Waals surface area contributed by atoms with Crippen molar-refractivity contribution in [3.63, 3.8) is 0 Å². The minimum absolute atomic E-state index is 0.0134. The zero-order chi connectivity index (χ0) is 17.6. The van der Waals surface area contributed by atoms with Gasteiger partial charge in [0.15, 0.2) is 25.0 Å². The van der Waals surface area contributed by atoms with Crippen LogP contribution in [0, 0.1) is 11.3 Å². The van der Waals surface area contributed by atoms with E-state index < -0.39 is 5.79 Å². The van der Waals surface area contributed by atoms with Gasteiger partial charge in [0.1, 0.15) is 11.6 Å². The third kappa shape index (κ3) is 2.17. The summed E-state index contributed by atoms with van der Waals surface area (Å²) < 4.78 is 25.7. The molecule has 0 aromatic carbocycles. The van der Waals surface area contributed by atoms with Gasteiger partial charge in [-0.25, -0.2) is 9.97 Å². The Morgan fingerprint density at radius 1 is 1.36 bits per heavy atom. The zero-order valence-corrected chi connectivity index (χ0v) is 15.9. The number of hydrogen-bond donors (Lipinski definition) is 0. The standard InChI is InChI=1S/C15H15Cl2N4O3P/c1-14(2)23-9-8(6-3-15(6,4-25-22)10(9)24-14)21-5-18-7-11(16)19-13(17)20-12(7)21/h5-6,8-10H,3-4H2,1-2H3/t6-,8-,9-,10?,15+/m1/s1. The van der Waals surface area contributed by atoms with E-state index in [1.165, 1.54) is 0 Å². The van der Waals surface area contributed by atoms with Crippen LogP contribution in [-0.4, -0.2) is 43.7 Å². The Morgan fingerprint density at radius 2 is 2.16 bits per heavy atom. The third-order valence-electron chi connectivity index (χ3n) is 5.65. The van der Waals surface area contributed by atoms with E-state index in [2.05, 4.69) is 15.0 Å². The highest BCUT2D eigenvalue weighted by molar-refractivity contribution is 7.23. The quantitative estimate of drug-likeness (QED) is 0.445. The molecule has 132 valence electrons. The molecule has 0 amide bonds. The molecule has 25 heavy (non-hydrogen) atoms. The first-order chi connectivity index (χ1) is 11.9. The second-order valence-corrected chi connectivity index (χ2v) is 8.72. The predicted octanol–water partition coefficient (Wildman–Crippen LogP) is 3.51. The number of imidazole rings is 1. The van der Waals surface area contributed by atoms with Crippen LogP contribution in [-0.2, 0) is 14.0 Å². The van der Waals surface area contributed by atoms with E-state index >= 15 is 0 Å². The van der Waals surface area contributed by atoms with Crippen LogP contribution in [0.2, 0.25) is 10.4 Å². The molecule has 1 saturated heterocycles. The molecular weight excluding hydrogens is 386 g/mol. The fourth-order valence-electron chi connectivity index (χ4n) is 4.67. The summed E-state index contributed by atoms with van der Waals surface area (Å²) >= 11 is 12.1. The van der Waals surface area contributed by atoms with Gasteiger partial charge in [0, 0.05) is 11.6 Å². The van der Waals surface area contributed by atoms with Crippen LogP contribution in [0.25, 0.3) is 11.2 Å². The molecule has 0 radical (unpaired) electrons. The van der Waals surface area contributed by atoms with Crippen LogP contribution < -0.4 is 0 Å². The van der Waals surface area contributed by atoms with E-state index in [4.69, 9.17) is 32.7 Å². The average Bonchev–Trinajstić information content (AvgIpc) is 2.80. The van der Waals surface area contributed by atoms with Gasteiger partial charge in [0.05, 0.1) is 18.5 Å². The molecule has 3 fully saturated rings. The molecule has 1 unspecified atom stereocenters. The van der Waals surface area contributed by atoms with E-state index in [0.29, 0.717) is 23.2 Å². The van der Waals surface area contributed by atoms with Gasteiger partial charge >= 0.3 is 0 Å². The minimum atomic E-state index is -0.672. The lowest BCUT2D eigenvalue weighted by atomic mass is 10.0. The van der Waals surface area contributed by atoms with Crippen molar-refractivity contribution in [1.29, 1.82) is 0 Å². The molecule has 2 aromatic rings. The first-order valence-corrected chi connectivity index (χ1v) is 9.82. The summed E-state index contributed by atoms with van der Waals surface area (Å²) in [7, 11) is 0.132. The third-order valence-corrected chi connectivity index (χ3v) is 6.80. The lowest BCUT2D eigenvalue weighted by molar-refractivity contribution is -0.160. The van der Waals surface area contributed by atoms with Crippen LogP contribution in [0.3, 0.4) is 0 Å². The van der Waals surface area contributed by atoms with Gasteiger partial charge in [-0.05, 0) is 37.8 Å². The van der Waals surface area contributed by atoms with E-state index in [9.17, 15) is 4.57 Å². The molecule has 3 heterocycles. The summed E-state index contributed by atoms with van der Waals surface area (Å²) in [6.07, 6.45) is 2.98. The van der Waals surface area contributed by atoms with Crippen molar-refractivity contribution in [2.24, 2.45) is 11.3 Å². The minimum Gasteiger partial charge on any atom is -0.344 e. The Hall–Kier alpha value is -0.850. The fourth-order valence-corrected chi connectivity index (χ4v) is 5.88.